The van der Waals surface area contributed by atoms with Gasteiger partial charge in [-0.1, -0.05) is 12.5 Å². The Bertz CT molecular complexity index is 515. The zero-order chi connectivity index (χ0) is 22.7. The van der Waals surface area contributed by atoms with Crippen LogP contribution >= 0.6 is 0 Å². The molecular weight excluding hydrogens is 424 g/mol. The maximum atomic E-state index is 13.5. The molecule has 0 aromatic heterocycles. The van der Waals surface area contributed by atoms with Crippen LogP contribution in [-0.2, 0) is 0 Å². The van der Waals surface area contributed by atoms with Crippen molar-refractivity contribution in [2.24, 2.45) is 0 Å². The highest BCUT2D eigenvalue weighted by atomic mass is 19.4. The highest BCUT2D eigenvalue weighted by Gasteiger charge is 2.89. The smallest absolute Gasteiger partial charge is 0.384 e. The molecule has 0 atom stereocenters. The monoisotopic (exact) mass is 442 g/mol. The average molecular weight is 442 g/mol. The van der Waals surface area contributed by atoms with E-state index in [-0.39, 0.29) is 12.8 Å². The van der Waals surface area contributed by atoms with Crippen LogP contribution in [0.3, 0.4) is 0 Å². The van der Waals surface area contributed by atoms with Crippen molar-refractivity contribution in [3.05, 3.63) is 12.7 Å². The number of aliphatic hydroxyl groups excluding tert-OH is 1. The Kier molecular flexibility index (Phi) is 8.35. The molecule has 13 heteroatoms. The molecule has 0 aliphatic carbocycles. The van der Waals surface area contributed by atoms with E-state index in [0.717, 1.165) is 0 Å². The van der Waals surface area contributed by atoms with Crippen LogP contribution in [0.5, 0.6) is 0 Å². The minimum atomic E-state index is -7.51. The van der Waals surface area contributed by atoms with Crippen LogP contribution in [0.2, 0.25) is 0 Å². The fourth-order valence-corrected chi connectivity index (χ4v) is 2.09. The van der Waals surface area contributed by atoms with Crippen LogP contribution in [-0.4, -0.2) is 47.2 Å². The molecule has 0 saturated heterocycles. The first-order valence-corrected chi connectivity index (χ1v) is 7.86. The van der Waals surface area contributed by atoms with Crippen LogP contribution in [0, 0.1) is 0 Å². The third-order valence-corrected chi connectivity index (χ3v) is 3.91. The first kappa shape index (κ1) is 26.9. The summed E-state index contributed by atoms with van der Waals surface area (Å²) in [6.45, 7) is 2.25. The van der Waals surface area contributed by atoms with Crippen molar-refractivity contribution in [1.82, 2.24) is 0 Å². The highest BCUT2D eigenvalue weighted by Crippen LogP contribution is 2.61. The van der Waals surface area contributed by atoms with E-state index >= 15 is 0 Å². The Balaban J connectivity index is 5.92. The normalized spacial score (nSPS) is 15.0. The Hall–Kier alpha value is -1.14. The summed E-state index contributed by atoms with van der Waals surface area (Å²) in [6, 6.07) is 0. The lowest BCUT2D eigenvalue weighted by Gasteiger charge is -2.41. The van der Waals surface area contributed by atoms with Crippen LogP contribution in [0.4, 0.5) is 52.7 Å². The number of allylic oxidation sites excluding steroid dienone is 1. The maximum Gasteiger partial charge on any atom is 0.384 e. The SMILES string of the molecule is C=CCCC(F)(F)C(F)(F)C(F)(F)C(F)(F)C(F)(F)C(F)(F)CCCCCO. The van der Waals surface area contributed by atoms with E-state index in [9.17, 15) is 52.7 Å². The van der Waals surface area contributed by atoms with Gasteiger partial charge in [0.2, 0.25) is 0 Å². The minimum absolute atomic E-state index is 0.207. The number of rotatable bonds is 13. The average Bonchev–Trinajstić information content (AvgIpc) is 2.56. The van der Waals surface area contributed by atoms with Crippen LogP contribution < -0.4 is 0 Å². The molecule has 0 unspecified atom stereocenters. The molecule has 0 bridgehead atoms. The van der Waals surface area contributed by atoms with E-state index in [1.165, 1.54) is 0 Å². The van der Waals surface area contributed by atoms with Gasteiger partial charge in [0, 0.05) is 19.4 Å². The summed E-state index contributed by atoms with van der Waals surface area (Å²) in [7, 11) is 0. The second-order valence-electron chi connectivity index (χ2n) is 6.07. The molecule has 0 fully saturated rings. The summed E-state index contributed by atoms with van der Waals surface area (Å²) >= 11 is 0. The molecule has 0 rings (SSSR count). The second kappa shape index (κ2) is 8.70. The van der Waals surface area contributed by atoms with E-state index in [1.54, 1.807) is 0 Å². The van der Waals surface area contributed by atoms with Crippen LogP contribution in [0.15, 0.2) is 12.7 Å². The fourth-order valence-electron chi connectivity index (χ4n) is 2.09. The maximum absolute atomic E-state index is 13.5. The predicted molar refractivity (Wildman–Crippen MR) is 74.7 cm³/mol. The van der Waals surface area contributed by atoms with Gasteiger partial charge in [-0.25, -0.2) is 0 Å². The van der Waals surface area contributed by atoms with Gasteiger partial charge in [0.25, 0.3) is 0 Å². The van der Waals surface area contributed by atoms with Gasteiger partial charge in [-0.2, -0.15) is 52.7 Å². The number of aliphatic hydroxyl groups is 1. The molecule has 1 nitrogen and oxygen atoms in total. The Morgan fingerprint density at radius 2 is 0.964 bits per heavy atom. The molecule has 0 aliphatic heterocycles. The predicted octanol–water partition coefficient (Wildman–Crippen LogP) is 6.32. The Morgan fingerprint density at radius 1 is 0.571 bits per heavy atom. The van der Waals surface area contributed by atoms with E-state index in [2.05, 4.69) is 6.58 Å². The van der Waals surface area contributed by atoms with Gasteiger partial charge in [-0.3, -0.25) is 0 Å². The lowest BCUT2D eigenvalue weighted by molar-refractivity contribution is -0.425. The van der Waals surface area contributed by atoms with Crippen molar-refractivity contribution in [3.63, 3.8) is 0 Å². The van der Waals surface area contributed by atoms with Crippen molar-refractivity contribution in [2.75, 3.05) is 6.61 Å². The molecule has 1 N–H and O–H groups in total. The third-order valence-electron chi connectivity index (χ3n) is 3.91. The van der Waals surface area contributed by atoms with Gasteiger partial charge < -0.3 is 5.11 Å². The number of unbranched alkanes of at least 4 members (excludes halogenated alkanes) is 2. The summed E-state index contributed by atoms with van der Waals surface area (Å²) in [6.07, 6.45) is -6.34. The van der Waals surface area contributed by atoms with Crippen molar-refractivity contribution >= 4 is 0 Å². The van der Waals surface area contributed by atoms with Crippen LogP contribution in [0.25, 0.3) is 0 Å². The molecule has 0 spiro atoms. The van der Waals surface area contributed by atoms with E-state index in [1.807, 2.05) is 0 Å². The van der Waals surface area contributed by atoms with Crippen molar-refractivity contribution in [3.8, 4) is 0 Å². The molecule has 0 aromatic rings. The zero-order valence-electron chi connectivity index (χ0n) is 14.2. The molecule has 0 aromatic carbocycles. The second-order valence-corrected chi connectivity index (χ2v) is 6.07. The lowest BCUT2D eigenvalue weighted by atomic mass is 9.88. The largest absolute Gasteiger partial charge is 0.396 e. The van der Waals surface area contributed by atoms with Gasteiger partial charge >= 0.3 is 35.5 Å². The van der Waals surface area contributed by atoms with E-state index in [4.69, 9.17) is 5.11 Å². The molecule has 168 valence electrons. The zero-order valence-corrected chi connectivity index (χ0v) is 14.2. The minimum Gasteiger partial charge on any atom is -0.396 e. The van der Waals surface area contributed by atoms with Crippen LogP contribution in [0.1, 0.15) is 38.5 Å². The molecule has 0 amide bonds. The molecule has 0 aliphatic rings. The Labute approximate surface area is 152 Å². The molecular formula is C15H18F12O. The number of hydrogen-bond acceptors (Lipinski definition) is 1. The van der Waals surface area contributed by atoms with E-state index in [0.29, 0.717) is 6.08 Å². The Morgan fingerprint density at radius 3 is 1.32 bits per heavy atom. The number of halogens is 12. The standard InChI is InChI=1S/C15H18F12O/c1-2-3-7-10(16,17)12(20,21)14(24,25)15(26,27)13(22,23)11(18,19)8-5-4-6-9-28/h2,28H,1,3-9H2. The van der Waals surface area contributed by atoms with Gasteiger partial charge in [-0.15, -0.1) is 6.58 Å². The summed E-state index contributed by atoms with van der Waals surface area (Å²) in [5, 5.41) is 8.40. The fraction of sp³-hybridized carbons (Fsp3) is 0.867. The molecule has 0 heterocycles. The molecule has 0 saturated carbocycles. The van der Waals surface area contributed by atoms with Gasteiger partial charge in [0.1, 0.15) is 0 Å². The highest BCUT2D eigenvalue weighted by molar-refractivity contribution is 5.11. The molecule has 28 heavy (non-hydrogen) atoms. The first-order chi connectivity index (χ1) is 12.4. The topological polar surface area (TPSA) is 20.2 Å². The van der Waals surface area contributed by atoms with Gasteiger partial charge in [0.05, 0.1) is 0 Å². The summed E-state index contributed by atoms with van der Waals surface area (Å²) in [5.41, 5.74) is 0. The number of hydrogen-bond donors (Lipinski definition) is 1. The van der Waals surface area contributed by atoms with Crippen molar-refractivity contribution in [2.45, 2.75) is 74.1 Å². The van der Waals surface area contributed by atoms with Crippen molar-refractivity contribution < 1.29 is 57.8 Å². The summed E-state index contributed by atoms with van der Waals surface area (Å²) < 4.78 is 162. The number of alkyl halides is 12. The lowest BCUT2D eigenvalue weighted by Crippen LogP contribution is -2.70. The summed E-state index contributed by atoms with van der Waals surface area (Å²) in [5.74, 6) is -41.0. The first-order valence-electron chi connectivity index (χ1n) is 7.86. The van der Waals surface area contributed by atoms with Gasteiger partial charge in [-0.05, 0) is 19.3 Å². The molecule has 0 radical (unpaired) electrons. The summed E-state index contributed by atoms with van der Waals surface area (Å²) in [4.78, 5) is 0. The third kappa shape index (κ3) is 4.54. The van der Waals surface area contributed by atoms with Gasteiger partial charge in [0.15, 0.2) is 0 Å². The van der Waals surface area contributed by atoms with Crippen molar-refractivity contribution in [1.29, 1.82) is 0 Å². The van der Waals surface area contributed by atoms with E-state index < -0.39 is 67.8 Å². The quantitative estimate of drug-likeness (QED) is 0.201.